The van der Waals surface area contributed by atoms with Crippen molar-refractivity contribution >= 4 is 5.78 Å². The van der Waals surface area contributed by atoms with Crippen molar-refractivity contribution in [2.45, 2.75) is 51.5 Å². The fraction of sp³-hybridized carbons (Fsp3) is 0.588. The van der Waals surface area contributed by atoms with E-state index in [9.17, 15) is 4.79 Å². The SMILES string of the molecule is CCC1CCCC(C(=O)C(C)(N)c2ccccc2)C1. The molecular formula is C17H25NO. The van der Waals surface area contributed by atoms with Gasteiger partial charge >= 0.3 is 0 Å². The van der Waals surface area contributed by atoms with Crippen LogP contribution in [0.2, 0.25) is 0 Å². The molecule has 1 aliphatic carbocycles. The number of hydrogen-bond donors (Lipinski definition) is 1. The largest absolute Gasteiger partial charge is 0.315 e. The van der Waals surface area contributed by atoms with Crippen LogP contribution < -0.4 is 5.73 Å². The van der Waals surface area contributed by atoms with Gasteiger partial charge in [0.1, 0.15) is 0 Å². The maximum atomic E-state index is 12.8. The molecule has 0 saturated heterocycles. The average Bonchev–Trinajstić information content (AvgIpc) is 2.47. The average molecular weight is 259 g/mol. The minimum atomic E-state index is -0.846. The lowest BCUT2D eigenvalue weighted by molar-refractivity contribution is -0.129. The van der Waals surface area contributed by atoms with Crippen LogP contribution in [0.25, 0.3) is 0 Å². The number of nitrogens with two attached hydrogens (primary N) is 1. The van der Waals surface area contributed by atoms with E-state index in [0.717, 1.165) is 18.4 Å². The predicted octanol–water partition coefficient (Wildman–Crippen LogP) is 3.65. The van der Waals surface area contributed by atoms with Gasteiger partial charge < -0.3 is 5.73 Å². The molecule has 0 spiro atoms. The molecule has 0 aromatic heterocycles. The Bertz CT molecular complexity index is 424. The molecular weight excluding hydrogens is 234 g/mol. The molecule has 1 aromatic carbocycles. The van der Waals surface area contributed by atoms with E-state index in [1.54, 1.807) is 0 Å². The number of carbonyl (C=O) groups excluding carboxylic acids is 1. The molecule has 1 fully saturated rings. The molecule has 0 bridgehead atoms. The van der Waals surface area contributed by atoms with Gasteiger partial charge in [-0.25, -0.2) is 0 Å². The molecule has 0 amide bonds. The maximum Gasteiger partial charge on any atom is 0.159 e. The molecule has 1 aromatic rings. The number of carbonyl (C=O) groups is 1. The van der Waals surface area contributed by atoms with Crippen LogP contribution in [-0.2, 0) is 10.3 Å². The van der Waals surface area contributed by atoms with E-state index in [4.69, 9.17) is 5.73 Å². The molecule has 2 N–H and O–H groups in total. The number of ketones is 1. The van der Waals surface area contributed by atoms with Crippen molar-refractivity contribution in [2.75, 3.05) is 0 Å². The molecule has 0 heterocycles. The zero-order valence-corrected chi connectivity index (χ0v) is 12.1. The van der Waals surface area contributed by atoms with Crippen molar-refractivity contribution in [1.29, 1.82) is 0 Å². The Morgan fingerprint density at radius 3 is 2.63 bits per heavy atom. The number of benzene rings is 1. The van der Waals surface area contributed by atoms with Gasteiger partial charge in [0, 0.05) is 5.92 Å². The quantitative estimate of drug-likeness (QED) is 0.897. The van der Waals surface area contributed by atoms with E-state index in [0.29, 0.717) is 5.92 Å². The van der Waals surface area contributed by atoms with Crippen LogP contribution in [0.4, 0.5) is 0 Å². The lowest BCUT2D eigenvalue weighted by Crippen LogP contribution is -2.46. The number of Topliss-reactive ketones (excluding diaryl/α,β-unsaturated/α-hetero) is 1. The zero-order chi connectivity index (χ0) is 13.9. The van der Waals surface area contributed by atoms with Gasteiger partial charge in [0.25, 0.3) is 0 Å². The van der Waals surface area contributed by atoms with Gasteiger partial charge in [0.05, 0.1) is 5.54 Å². The molecule has 0 aliphatic heterocycles. The van der Waals surface area contributed by atoms with Gasteiger partial charge in [-0.3, -0.25) is 4.79 Å². The molecule has 104 valence electrons. The Morgan fingerprint density at radius 1 is 1.32 bits per heavy atom. The first kappa shape index (κ1) is 14.3. The molecule has 3 atom stereocenters. The van der Waals surface area contributed by atoms with E-state index in [2.05, 4.69) is 6.92 Å². The summed E-state index contributed by atoms with van der Waals surface area (Å²) < 4.78 is 0. The van der Waals surface area contributed by atoms with Crippen LogP contribution in [0.5, 0.6) is 0 Å². The van der Waals surface area contributed by atoms with Gasteiger partial charge in [-0.2, -0.15) is 0 Å². The van der Waals surface area contributed by atoms with Gasteiger partial charge in [-0.1, -0.05) is 56.5 Å². The summed E-state index contributed by atoms with van der Waals surface area (Å²) in [4.78, 5) is 12.8. The van der Waals surface area contributed by atoms with Crippen molar-refractivity contribution in [1.82, 2.24) is 0 Å². The van der Waals surface area contributed by atoms with Gasteiger partial charge in [0.15, 0.2) is 5.78 Å². The molecule has 2 rings (SSSR count). The fourth-order valence-corrected chi connectivity index (χ4v) is 3.25. The van der Waals surface area contributed by atoms with Crippen LogP contribution in [0.1, 0.15) is 51.5 Å². The second-order valence-corrected chi connectivity index (χ2v) is 6.07. The normalized spacial score (nSPS) is 26.7. The molecule has 1 saturated carbocycles. The van der Waals surface area contributed by atoms with Gasteiger partial charge in [-0.15, -0.1) is 0 Å². The Hall–Kier alpha value is -1.15. The highest BCUT2D eigenvalue weighted by Crippen LogP contribution is 2.35. The molecule has 0 radical (unpaired) electrons. The Morgan fingerprint density at radius 2 is 2.00 bits per heavy atom. The summed E-state index contributed by atoms with van der Waals surface area (Å²) in [7, 11) is 0. The zero-order valence-electron chi connectivity index (χ0n) is 12.1. The summed E-state index contributed by atoms with van der Waals surface area (Å²) in [5, 5.41) is 0. The lowest BCUT2D eigenvalue weighted by atomic mass is 9.72. The van der Waals surface area contributed by atoms with Crippen molar-refractivity contribution in [3.63, 3.8) is 0 Å². The minimum absolute atomic E-state index is 0.147. The maximum absolute atomic E-state index is 12.8. The van der Waals surface area contributed by atoms with Crippen LogP contribution in [0, 0.1) is 11.8 Å². The van der Waals surface area contributed by atoms with E-state index >= 15 is 0 Å². The van der Waals surface area contributed by atoms with Crippen LogP contribution in [0.3, 0.4) is 0 Å². The van der Waals surface area contributed by atoms with Crippen molar-refractivity contribution in [3.05, 3.63) is 35.9 Å². The van der Waals surface area contributed by atoms with E-state index < -0.39 is 5.54 Å². The Labute approximate surface area is 116 Å². The molecule has 2 heteroatoms. The molecule has 1 aliphatic rings. The summed E-state index contributed by atoms with van der Waals surface area (Å²) in [6.07, 6.45) is 5.65. The highest BCUT2D eigenvalue weighted by Gasteiger charge is 2.37. The van der Waals surface area contributed by atoms with Crippen LogP contribution in [-0.4, -0.2) is 5.78 Å². The molecule has 3 unspecified atom stereocenters. The summed E-state index contributed by atoms with van der Waals surface area (Å²) in [6.45, 7) is 4.08. The lowest BCUT2D eigenvalue weighted by Gasteiger charge is -2.33. The Kier molecular flexibility index (Phi) is 4.41. The fourth-order valence-electron chi connectivity index (χ4n) is 3.25. The summed E-state index contributed by atoms with van der Waals surface area (Å²) in [5.74, 6) is 1.07. The second kappa shape index (κ2) is 5.87. The third kappa shape index (κ3) is 3.06. The third-order valence-corrected chi connectivity index (χ3v) is 4.62. The monoisotopic (exact) mass is 259 g/mol. The highest BCUT2D eigenvalue weighted by atomic mass is 16.1. The smallest absolute Gasteiger partial charge is 0.159 e. The van der Waals surface area contributed by atoms with Crippen molar-refractivity contribution in [3.8, 4) is 0 Å². The number of hydrogen-bond acceptors (Lipinski definition) is 2. The standard InChI is InChI=1S/C17H25NO/c1-3-13-8-7-9-14(12-13)16(19)17(2,18)15-10-5-4-6-11-15/h4-6,10-11,13-14H,3,7-9,12,18H2,1-2H3. The van der Waals surface area contributed by atoms with E-state index in [-0.39, 0.29) is 11.7 Å². The highest BCUT2D eigenvalue weighted by molar-refractivity contribution is 5.91. The van der Waals surface area contributed by atoms with E-state index in [1.807, 2.05) is 37.3 Å². The summed E-state index contributed by atoms with van der Waals surface area (Å²) >= 11 is 0. The van der Waals surface area contributed by atoms with Crippen molar-refractivity contribution < 1.29 is 4.79 Å². The molecule has 19 heavy (non-hydrogen) atoms. The summed E-state index contributed by atoms with van der Waals surface area (Å²) in [5.41, 5.74) is 6.43. The number of rotatable bonds is 4. The first-order valence-electron chi connectivity index (χ1n) is 7.44. The second-order valence-electron chi connectivity index (χ2n) is 6.07. The first-order chi connectivity index (χ1) is 9.05. The van der Waals surface area contributed by atoms with Crippen LogP contribution >= 0.6 is 0 Å². The third-order valence-electron chi connectivity index (χ3n) is 4.62. The molecule has 2 nitrogen and oxygen atoms in total. The Balaban J connectivity index is 2.14. The van der Waals surface area contributed by atoms with Crippen molar-refractivity contribution in [2.24, 2.45) is 17.6 Å². The van der Waals surface area contributed by atoms with Gasteiger partial charge in [-0.05, 0) is 31.2 Å². The van der Waals surface area contributed by atoms with E-state index in [1.165, 1.54) is 19.3 Å². The van der Waals surface area contributed by atoms with Gasteiger partial charge in [0.2, 0.25) is 0 Å². The minimum Gasteiger partial charge on any atom is -0.315 e. The summed E-state index contributed by atoms with van der Waals surface area (Å²) in [6, 6.07) is 9.76. The predicted molar refractivity (Wildman–Crippen MR) is 78.7 cm³/mol. The topological polar surface area (TPSA) is 43.1 Å². The first-order valence-corrected chi connectivity index (χ1v) is 7.44. The van der Waals surface area contributed by atoms with Crippen LogP contribution in [0.15, 0.2) is 30.3 Å².